The zero-order valence-corrected chi connectivity index (χ0v) is 8.77. The van der Waals surface area contributed by atoms with Crippen LogP contribution >= 0.6 is 0 Å². The molecule has 3 radical (unpaired) electrons. The second-order valence-corrected chi connectivity index (χ2v) is 4.65. The van der Waals surface area contributed by atoms with Crippen LogP contribution in [0.3, 0.4) is 0 Å². The molecule has 0 N–H and O–H groups in total. The molecule has 1 saturated carbocycles. The molecule has 0 heterocycles. The van der Waals surface area contributed by atoms with E-state index in [-0.39, 0.29) is 0 Å². The van der Waals surface area contributed by atoms with E-state index in [1.54, 1.807) is 0 Å². The van der Waals surface area contributed by atoms with Crippen LogP contribution in [0.1, 0.15) is 46.0 Å². The van der Waals surface area contributed by atoms with Crippen molar-refractivity contribution in [2.24, 2.45) is 11.8 Å². The molecule has 0 aromatic heterocycles. The first-order valence-electron chi connectivity index (χ1n) is 4.96. The standard InChI is InChI=1S/C10H19Si/c1-3-5-9-7-4-6-8(2)10(9)11/h8-10H,3-7H2,1-2H3. The van der Waals surface area contributed by atoms with E-state index >= 15 is 0 Å². The second-order valence-electron chi connectivity index (χ2n) is 3.98. The lowest BCUT2D eigenvalue weighted by atomic mass is 9.79. The molecule has 0 aliphatic heterocycles. The van der Waals surface area contributed by atoms with E-state index in [9.17, 15) is 0 Å². The second kappa shape index (κ2) is 4.29. The third-order valence-corrected chi connectivity index (χ3v) is 4.06. The monoisotopic (exact) mass is 167 g/mol. The molecule has 0 bridgehead atoms. The predicted molar refractivity (Wildman–Crippen MR) is 50.9 cm³/mol. The Balaban J connectivity index is 2.38. The Morgan fingerprint density at radius 2 is 2.09 bits per heavy atom. The maximum Gasteiger partial charge on any atom is 0.0273 e. The van der Waals surface area contributed by atoms with Gasteiger partial charge in [-0.1, -0.05) is 46.0 Å². The van der Waals surface area contributed by atoms with Gasteiger partial charge in [0.25, 0.3) is 0 Å². The highest BCUT2D eigenvalue weighted by molar-refractivity contribution is 6.12. The molecule has 3 unspecified atom stereocenters. The van der Waals surface area contributed by atoms with E-state index in [1.165, 1.54) is 32.1 Å². The molecule has 11 heavy (non-hydrogen) atoms. The van der Waals surface area contributed by atoms with Crippen LogP contribution in [0, 0.1) is 11.8 Å². The van der Waals surface area contributed by atoms with Crippen molar-refractivity contribution in [3.63, 3.8) is 0 Å². The van der Waals surface area contributed by atoms with E-state index in [4.69, 9.17) is 0 Å². The van der Waals surface area contributed by atoms with E-state index in [2.05, 4.69) is 24.1 Å². The summed E-state index contributed by atoms with van der Waals surface area (Å²) in [4.78, 5) is 0. The summed E-state index contributed by atoms with van der Waals surface area (Å²) in [5.41, 5.74) is 0.795. The van der Waals surface area contributed by atoms with Gasteiger partial charge in [-0.15, -0.1) is 0 Å². The van der Waals surface area contributed by atoms with Gasteiger partial charge in [0.1, 0.15) is 0 Å². The van der Waals surface area contributed by atoms with Crippen LogP contribution in [0.2, 0.25) is 5.54 Å². The van der Waals surface area contributed by atoms with E-state index in [0.717, 1.165) is 17.4 Å². The highest BCUT2D eigenvalue weighted by atomic mass is 28.1. The van der Waals surface area contributed by atoms with E-state index in [1.807, 2.05) is 0 Å². The lowest BCUT2D eigenvalue weighted by Crippen LogP contribution is -2.21. The summed E-state index contributed by atoms with van der Waals surface area (Å²) in [5, 5.41) is 0. The van der Waals surface area contributed by atoms with Gasteiger partial charge in [0, 0.05) is 10.2 Å². The zero-order valence-electron chi connectivity index (χ0n) is 7.77. The molecule has 3 atom stereocenters. The van der Waals surface area contributed by atoms with Gasteiger partial charge in [-0.3, -0.25) is 0 Å². The minimum absolute atomic E-state index is 0.795. The largest absolute Gasteiger partial charge is 0.0654 e. The Morgan fingerprint density at radius 3 is 2.73 bits per heavy atom. The predicted octanol–water partition coefficient (Wildman–Crippen LogP) is 3.18. The average molecular weight is 167 g/mol. The molecule has 1 rings (SSSR count). The van der Waals surface area contributed by atoms with Crippen molar-refractivity contribution >= 4 is 10.2 Å². The highest BCUT2D eigenvalue weighted by Gasteiger charge is 2.25. The van der Waals surface area contributed by atoms with Crippen molar-refractivity contribution in [1.29, 1.82) is 0 Å². The summed E-state index contributed by atoms with van der Waals surface area (Å²) in [6.07, 6.45) is 7.09. The molecule has 0 saturated heterocycles. The van der Waals surface area contributed by atoms with Gasteiger partial charge >= 0.3 is 0 Å². The van der Waals surface area contributed by atoms with Gasteiger partial charge in [0.2, 0.25) is 0 Å². The van der Waals surface area contributed by atoms with E-state index in [0.29, 0.717) is 0 Å². The lowest BCUT2D eigenvalue weighted by molar-refractivity contribution is 0.269. The van der Waals surface area contributed by atoms with Crippen molar-refractivity contribution < 1.29 is 0 Å². The molecule has 0 aromatic carbocycles. The van der Waals surface area contributed by atoms with Crippen LogP contribution in [-0.4, -0.2) is 10.2 Å². The summed E-state index contributed by atoms with van der Waals surface area (Å²) >= 11 is 0. The lowest BCUT2D eigenvalue weighted by Gasteiger charge is -2.33. The molecule has 0 spiro atoms. The summed E-state index contributed by atoms with van der Waals surface area (Å²) in [6.45, 7) is 4.66. The summed E-state index contributed by atoms with van der Waals surface area (Å²) in [7, 11) is 3.87. The minimum atomic E-state index is 0.795. The van der Waals surface area contributed by atoms with E-state index < -0.39 is 0 Å². The molecule has 63 valence electrons. The number of hydrogen-bond acceptors (Lipinski definition) is 0. The summed E-state index contributed by atoms with van der Waals surface area (Å²) in [5.74, 6) is 1.86. The van der Waals surface area contributed by atoms with Crippen molar-refractivity contribution in [3.05, 3.63) is 0 Å². The molecule has 0 aromatic rings. The fourth-order valence-corrected chi connectivity index (χ4v) is 2.72. The first kappa shape index (κ1) is 9.31. The van der Waals surface area contributed by atoms with Gasteiger partial charge in [0.05, 0.1) is 0 Å². The highest BCUT2D eigenvalue weighted by Crippen LogP contribution is 2.39. The number of rotatable bonds is 2. The first-order chi connectivity index (χ1) is 5.25. The van der Waals surface area contributed by atoms with Crippen LogP contribution in [0.4, 0.5) is 0 Å². The Bertz CT molecular complexity index is 109. The third-order valence-electron chi connectivity index (χ3n) is 3.01. The molecule has 1 heteroatoms. The Hall–Kier alpha value is 0.217. The van der Waals surface area contributed by atoms with Crippen LogP contribution < -0.4 is 0 Å². The van der Waals surface area contributed by atoms with Gasteiger partial charge in [-0.2, -0.15) is 0 Å². The molecule has 1 fully saturated rings. The van der Waals surface area contributed by atoms with Gasteiger partial charge in [-0.25, -0.2) is 0 Å². The quantitative estimate of drug-likeness (QED) is 0.554. The van der Waals surface area contributed by atoms with Crippen molar-refractivity contribution in [2.45, 2.75) is 51.5 Å². The zero-order chi connectivity index (χ0) is 8.27. The first-order valence-corrected chi connectivity index (χ1v) is 5.54. The van der Waals surface area contributed by atoms with Crippen molar-refractivity contribution in [3.8, 4) is 0 Å². The molecule has 1 aliphatic rings. The van der Waals surface area contributed by atoms with Crippen LogP contribution in [0.5, 0.6) is 0 Å². The maximum absolute atomic E-state index is 3.87. The van der Waals surface area contributed by atoms with Crippen molar-refractivity contribution in [1.82, 2.24) is 0 Å². The van der Waals surface area contributed by atoms with Crippen LogP contribution in [0.25, 0.3) is 0 Å². The van der Waals surface area contributed by atoms with Gasteiger partial charge < -0.3 is 0 Å². The fourth-order valence-electron chi connectivity index (χ4n) is 2.22. The smallest absolute Gasteiger partial charge is 0.0273 e. The SMILES string of the molecule is CCCC1CCCC(C)C1[Si]. The van der Waals surface area contributed by atoms with Crippen molar-refractivity contribution in [2.75, 3.05) is 0 Å². The number of hydrogen-bond donors (Lipinski definition) is 0. The molecular weight excluding hydrogens is 148 g/mol. The molecule has 0 nitrogen and oxygen atoms in total. The maximum atomic E-state index is 3.87. The average Bonchev–Trinajstić information content (AvgIpc) is 1.99. The normalized spacial score (nSPS) is 39.0. The third kappa shape index (κ3) is 2.33. The Labute approximate surface area is 74.2 Å². The Morgan fingerprint density at radius 1 is 1.36 bits per heavy atom. The molecule has 0 amide bonds. The molecule has 1 aliphatic carbocycles. The Kier molecular flexibility index (Phi) is 3.63. The van der Waals surface area contributed by atoms with Gasteiger partial charge in [-0.05, 0) is 17.4 Å². The topological polar surface area (TPSA) is 0 Å². The fraction of sp³-hybridized carbons (Fsp3) is 1.00. The molecular formula is C10H19Si. The minimum Gasteiger partial charge on any atom is -0.0654 e. The van der Waals surface area contributed by atoms with Crippen LogP contribution in [0.15, 0.2) is 0 Å². The summed E-state index contributed by atoms with van der Waals surface area (Å²) in [6, 6.07) is 0. The van der Waals surface area contributed by atoms with Gasteiger partial charge in [0.15, 0.2) is 0 Å². The van der Waals surface area contributed by atoms with Crippen LogP contribution in [-0.2, 0) is 0 Å². The summed E-state index contributed by atoms with van der Waals surface area (Å²) < 4.78 is 0.